The maximum Gasteiger partial charge on any atom is 0.00783 e. The van der Waals surface area contributed by atoms with Gasteiger partial charge in [0.2, 0.25) is 0 Å². The molecule has 0 aliphatic heterocycles. The van der Waals surface area contributed by atoms with Crippen LogP contribution in [0.4, 0.5) is 0 Å². The summed E-state index contributed by atoms with van der Waals surface area (Å²) < 4.78 is 0. The van der Waals surface area contributed by atoms with Crippen LogP contribution in [0.5, 0.6) is 0 Å². The summed E-state index contributed by atoms with van der Waals surface area (Å²) in [5.41, 5.74) is 1.43. The van der Waals surface area contributed by atoms with Gasteiger partial charge in [0.05, 0.1) is 0 Å². The summed E-state index contributed by atoms with van der Waals surface area (Å²) in [4.78, 5) is 3.81. The summed E-state index contributed by atoms with van der Waals surface area (Å²) in [6.07, 6.45) is 2.36. The number of thioether (sulfide) groups is 1. The SMILES string of the molecule is CN(CCCSc1ccc2ccccc2c1)CCc1ccccc1. The van der Waals surface area contributed by atoms with Crippen molar-refractivity contribution in [1.82, 2.24) is 4.90 Å². The van der Waals surface area contributed by atoms with E-state index in [0.717, 1.165) is 19.5 Å². The summed E-state index contributed by atoms with van der Waals surface area (Å²) in [5.74, 6) is 1.17. The number of benzene rings is 3. The number of nitrogens with zero attached hydrogens (tertiary/aromatic N) is 1. The van der Waals surface area contributed by atoms with E-state index >= 15 is 0 Å². The molecule has 0 heterocycles. The minimum Gasteiger partial charge on any atom is -0.306 e. The third-order valence-electron chi connectivity index (χ3n) is 4.30. The second-order valence-corrected chi connectivity index (χ2v) is 7.42. The Morgan fingerprint density at radius 2 is 1.54 bits per heavy atom. The van der Waals surface area contributed by atoms with Crippen molar-refractivity contribution < 1.29 is 0 Å². The van der Waals surface area contributed by atoms with Gasteiger partial charge in [0.1, 0.15) is 0 Å². The summed E-state index contributed by atoms with van der Waals surface area (Å²) >= 11 is 1.97. The molecule has 0 radical (unpaired) electrons. The average molecular weight is 336 g/mol. The summed E-state index contributed by atoms with van der Waals surface area (Å²) in [7, 11) is 2.23. The van der Waals surface area contributed by atoms with Gasteiger partial charge in [0, 0.05) is 11.4 Å². The maximum atomic E-state index is 2.44. The van der Waals surface area contributed by atoms with Crippen molar-refractivity contribution in [2.75, 3.05) is 25.9 Å². The van der Waals surface area contributed by atoms with Gasteiger partial charge in [-0.25, -0.2) is 0 Å². The highest BCUT2D eigenvalue weighted by Crippen LogP contribution is 2.24. The first-order valence-corrected chi connectivity index (χ1v) is 9.64. The molecule has 0 aliphatic carbocycles. The number of likely N-dealkylation sites (N-methyl/N-ethyl adjacent to an activating group) is 1. The maximum absolute atomic E-state index is 2.44. The van der Waals surface area contributed by atoms with E-state index in [1.165, 1.54) is 33.4 Å². The lowest BCUT2D eigenvalue weighted by molar-refractivity contribution is 0.340. The Labute approximate surface area is 149 Å². The second-order valence-electron chi connectivity index (χ2n) is 6.25. The number of hydrogen-bond acceptors (Lipinski definition) is 2. The van der Waals surface area contributed by atoms with Gasteiger partial charge in [0.25, 0.3) is 0 Å². The molecule has 0 atom stereocenters. The van der Waals surface area contributed by atoms with Crippen molar-refractivity contribution in [3.63, 3.8) is 0 Å². The lowest BCUT2D eigenvalue weighted by Crippen LogP contribution is -2.22. The van der Waals surface area contributed by atoms with Crippen LogP contribution < -0.4 is 0 Å². The molecule has 0 unspecified atom stereocenters. The molecule has 3 aromatic rings. The number of hydrogen-bond donors (Lipinski definition) is 0. The Morgan fingerprint density at radius 3 is 2.38 bits per heavy atom. The Balaban J connectivity index is 1.38. The van der Waals surface area contributed by atoms with Crippen molar-refractivity contribution in [3.8, 4) is 0 Å². The third-order valence-corrected chi connectivity index (χ3v) is 5.38. The second kappa shape index (κ2) is 8.91. The fourth-order valence-corrected chi connectivity index (χ4v) is 3.74. The first-order chi connectivity index (χ1) is 11.8. The van der Waals surface area contributed by atoms with Gasteiger partial charge in [-0.15, -0.1) is 11.8 Å². The van der Waals surface area contributed by atoms with Gasteiger partial charge < -0.3 is 4.90 Å². The van der Waals surface area contributed by atoms with Crippen LogP contribution in [-0.4, -0.2) is 30.8 Å². The van der Waals surface area contributed by atoms with E-state index in [9.17, 15) is 0 Å². The zero-order chi connectivity index (χ0) is 16.6. The van der Waals surface area contributed by atoms with Crippen LogP contribution in [0, 0.1) is 0 Å². The van der Waals surface area contributed by atoms with E-state index in [1.54, 1.807) is 0 Å². The number of fused-ring (bicyclic) bond motifs is 1. The van der Waals surface area contributed by atoms with Gasteiger partial charge in [-0.05, 0) is 60.7 Å². The lowest BCUT2D eigenvalue weighted by Gasteiger charge is -2.16. The van der Waals surface area contributed by atoms with Crippen molar-refractivity contribution in [1.29, 1.82) is 0 Å². The van der Waals surface area contributed by atoms with E-state index in [0.29, 0.717) is 0 Å². The lowest BCUT2D eigenvalue weighted by atomic mass is 10.1. The summed E-state index contributed by atoms with van der Waals surface area (Å²) in [6.45, 7) is 2.29. The molecule has 0 amide bonds. The molecule has 2 heteroatoms. The smallest absolute Gasteiger partial charge is 0.00783 e. The molecule has 0 saturated carbocycles. The van der Waals surface area contributed by atoms with Crippen LogP contribution in [-0.2, 0) is 6.42 Å². The zero-order valence-corrected chi connectivity index (χ0v) is 15.1. The van der Waals surface area contributed by atoms with Gasteiger partial charge in [-0.1, -0.05) is 60.7 Å². The van der Waals surface area contributed by atoms with E-state index in [2.05, 4.69) is 84.7 Å². The highest BCUT2D eigenvalue weighted by molar-refractivity contribution is 7.99. The van der Waals surface area contributed by atoms with Crippen LogP contribution in [0.1, 0.15) is 12.0 Å². The van der Waals surface area contributed by atoms with Gasteiger partial charge in [-0.3, -0.25) is 0 Å². The molecule has 0 aliphatic rings. The van der Waals surface area contributed by atoms with Gasteiger partial charge in [0.15, 0.2) is 0 Å². The van der Waals surface area contributed by atoms with Crippen LogP contribution in [0.25, 0.3) is 10.8 Å². The van der Waals surface area contributed by atoms with Crippen LogP contribution in [0.2, 0.25) is 0 Å². The molecule has 3 rings (SSSR count). The minimum atomic E-state index is 1.13. The van der Waals surface area contributed by atoms with Crippen LogP contribution >= 0.6 is 11.8 Å². The topological polar surface area (TPSA) is 3.24 Å². The predicted octanol–water partition coefficient (Wildman–Crippen LogP) is 5.50. The van der Waals surface area contributed by atoms with Crippen molar-refractivity contribution in [3.05, 3.63) is 78.4 Å². The molecular weight excluding hydrogens is 310 g/mol. The van der Waals surface area contributed by atoms with E-state index < -0.39 is 0 Å². The zero-order valence-electron chi connectivity index (χ0n) is 14.3. The molecule has 3 aromatic carbocycles. The molecule has 0 aromatic heterocycles. The molecule has 0 N–H and O–H groups in total. The van der Waals surface area contributed by atoms with E-state index in [1.807, 2.05) is 11.8 Å². The molecule has 1 nitrogen and oxygen atoms in total. The molecule has 24 heavy (non-hydrogen) atoms. The van der Waals surface area contributed by atoms with E-state index in [-0.39, 0.29) is 0 Å². The Kier molecular flexibility index (Phi) is 6.33. The molecule has 0 fully saturated rings. The predicted molar refractivity (Wildman–Crippen MR) is 107 cm³/mol. The van der Waals surface area contributed by atoms with Crippen LogP contribution in [0.3, 0.4) is 0 Å². The fourth-order valence-electron chi connectivity index (χ4n) is 2.86. The molecule has 124 valence electrons. The summed E-state index contributed by atoms with van der Waals surface area (Å²) in [6, 6.07) is 26.1. The highest BCUT2D eigenvalue weighted by Gasteiger charge is 2.01. The first-order valence-electron chi connectivity index (χ1n) is 8.65. The van der Waals surface area contributed by atoms with Crippen LogP contribution in [0.15, 0.2) is 77.7 Å². The van der Waals surface area contributed by atoms with E-state index in [4.69, 9.17) is 0 Å². The molecule has 0 spiro atoms. The highest BCUT2D eigenvalue weighted by atomic mass is 32.2. The standard InChI is InChI=1S/C22H25NS/c1-23(16-14-19-8-3-2-4-9-19)15-7-17-24-22-13-12-20-10-5-6-11-21(20)18-22/h2-6,8-13,18H,7,14-17H2,1H3. The first kappa shape index (κ1) is 17.1. The Morgan fingerprint density at radius 1 is 0.792 bits per heavy atom. The Hall–Kier alpha value is -1.77. The summed E-state index contributed by atoms with van der Waals surface area (Å²) in [5, 5.41) is 2.66. The van der Waals surface area contributed by atoms with Gasteiger partial charge >= 0.3 is 0 Å². The largest absolute Gasteiger partial charge is 0.306 e. The number of rotatable bonds is 8. The molecule has 0 bridgehead atoms. The molecular formula is C22H25NS. The third kappa shape index (κ3) is 5.12. The van der Waals surface area contributed by atoms with Crippen molar-refractivity contribution in [2.45, 2.75) is 17.7 Å². The van der Waals surface area contributed by atoms with Crippen molar-refractivity contribution in [2.24, 2.45) is 0 Å². The average Bonchev–Trinajstić information content (AvgIpc) is 2.64. The normalized spacial score (nSPS) is 11.2. The fraction of sp³-hybridized carbons (Fsp3) is 0.273. The van der Waals surface area contributed by atoms with Gasteiger partial charge in [-0.2, -0.15) is 0 Å². The monoisotopic (exact) mass is 335 g/mol. The minimum absolute atomic E-state index is 1.13. The molecule has 0 saturated heterocycles. The van der Waals surface area contributed by atoms with Crippen molar-refractivity contribution >= 4 is 22.5 Å². The quantitative estimate of drug-likeness (QED) is 0.395. The Bertz CT molecular complexity index is 754.